The standard InChI is InChI=1S/C7H5NO3S.C3H4N2/c9-7-5-3-1-2-4-6(5)12(10,11)8-7;1-2-5-3-4-1/h1-4H,(H,8,9);1-3H,(H,4,5). The Bertz CT molecular complexity index is 603. The highest BCUT2D eigenvalue weighted by Gasteiger charge is 2.31. The summed E-state index contributed by atoms with van der Waals surface area (Å²) in [6, 6.07) is 6.09. The van der Waals surface area contributed by atoms with Crippen LogP contribution in [0.4, 0.5) is 0 Å². The number of carbonyl (C=O) groups excluding carboxylic acids is 1. The largest absolute Gasteiger partial charge is 0.351 e. The van der Waals surface area contributed by atoms with Crippen molar-refractivity contribution in [2.45, 2.75) is 4.90 Å². The van der Waals surface area contributed by atoms with Crippen molar-refractivity contribution in [3.8, 4) is 0 Å². The minimum Gasteiger partial charge on any atom is -0.351 e. The number of nitrogens with one attached hydrogen (secondary N) is 2. The summed E-state index contributed by atoms with van der Waals surface area (Å²) in [5, 5.41) is 0. The quantitative estimate of drug-likeness (QED) is 0.714. The lowest BCUT2D eigenvalue weighted by molar-refractivity contribution is 0.0985. The fourth-order valence-corrected chi connectivity index (χ4v) is 2.51. The highest BCUT2D eigenvalue weighted by molar-refractivity contribution is 7.90. The first-order chi connectivity index (χ1) is 8.11. The predicted octanol–water partition coefficient (Wildman–Crippen LogP) is 0.528. The molecule has 1 aromatic heterocycles. The van der Waals surface area contributed by atoms with E-state index in [4.69, 9.17) is 0 Å². The van der Waals surface area contributed by atoms with Gasteiger partial charge in [0, 0.05) is 12.4 Å². The van der Waals surface area contributed by atoms with Gasteiger partial charge in [0.05, 0.1) is 11.9 Å². The molecule has 1 aromatic carbocycles. The molecular weight excluding hydrogens is 242 g/mol. The number of carbonyl (C=O) groups is 1. The van der Waals surface area contributed by atoms with Crippen molar-refractivity contribution in [2.75, 3.05) is 0 Å². The average Bonchev–Trinajstić information content (AvgIpc) is 2.92. The number of nitrogens with zero attached hydrogens (tertiary/aromatic N) is 1. The first-order valence-electron chi connectivity index (χ1n) is 4.70. The molecule has 0 saturated carbocycles. The molecule has 0 aliphatic carbocycles. The van der Waals surface area contributed by atoms with E-state index in [0.29, 0.717) is 0 Å². The Balaban J connectivity index is 0.000000181. The molecular formula is C10H9N3O3S. The van der Waals surface area contributed by atoms with Crippen molar-refractivity contribution in [3.63, 3.8) is 0 Å². The molecule has 0 radical (unpaired) electrons. The van der Waals surface area contributed by atoms with Gasteiger partial charge in [0.1, 0.15) is 4.90 Å². The van der Waals surface area contributed by atoms with Gasteiger partial charge in [0.2, 0.25) is 0 Å². The first-order valence-corrected chi connectivity index (χ1v) is 6.18. The third-order valence-electron chi connectivity index (χ3n) is 2.05. The lowest BCUT2D eigenvalue weighted by Gasteiger charge is -1.91. The highest BCUT2D eigenvalue weighted by Crippen LogP contribution is 2.20. The Labute approximate surface area is 97.8 Å². The van der Waals surface area contributed by atoms with Crippen molar-refractivity contribution in [1.29, 1.82) is 0 Å². The molecule has 0 atom stereocenters. The van der Waals surface area contributed by atoms with Crippen molar-refractivity contribution in [1.82, 2.24) is 14.7 Å². The van der Waals surface area contributed by atoms with Crippen molar-refractivity contribution in [2.24, 2.45) is 0 Å². The SMILES string of the molecule is O=C1NS(=O)(=O)c2ccccc21.c1c[nH]cn1. The Morgan fingerprint density at radius 2 is 1.94 bits per heavy atom. The first kappa shape index (κ1) is 11.3. The normalized spacial score (nSPS) is 15.4. The molecule has 1 aliphatic heterocycles. The van der Waals surface area contributed by atoms with Crippen molar-refractivity contribution in [3.05, 3.63) is 48.5 Å². The summed E-state index contributed by atoms with van der Waals surface area (Å²) < 4.78 is 24.2. The number of rotatable bonds is 0. The maximum absolute atomic E-state index is 11.1. The number of sulfonamides is 1. The van der Waals surface area contributed by atoms with E-state index in [1.54, 1.807) is 30.9 Å². The van der Waals surface area contributed by atoms with E-state index in [1.807, 2.05) is 4.72 Å². The minimum atomic E-state index is -3.55. The van der Waals surface area contributed by atoms with Gasteiger partial charge in [0.25, 0.3) is 15.9 Å². The molecule has 6 nitrogen and oxygen atoms in total. The lowest BCUT2D eigenvalue weighted by Crippen LogP contribution is -2.20. The number of hydrogen-bond donors (Lipinski definition) is 2. The summed E-state index contributed by atoms with van der Waals surface area (Å²) in [5.74, 6) is -0.550. The second-order valence-corrected chi connectivity index (χ2v) is 4.84. The molecule has 0 unspecified atom stereocenters. The number of H-pyrrole nitrogens is 1. The van der Waals surface area contributed by atoms with Gasteiger partial charge in [-0.05, 0) is 12.1 Å². The average molecular weight is 251 g/mol. The lowest BCUT2D eigenvalue weighted by atomic mass is 10.2. The van der Waals surface area contributed by atoms with Gasteiger partial charge in [-0.3, -0.25) is 4.79 Å². The zero-order chi connectivity index (χ0) is 12.3. The molecule has 1 aliphatic rings. The molecule has 2 heterocycles. The van der Waals surface area contributed by atoms with Crippen LogP contribution in [-0.4, -0.2) is 24.3 Å². The van der Waals surface area contributed by atoms with Crippen LogP contribution in [0.15, 0.2) is 47.9 Å². The molecule has 0 bridgehead atoms. The summed E-state index contributed by atoms with van der Waals surface area (Å²) in [5.41, 5.74) is 0.220. The van der Waals surface area contributed by atoms with E-state index in [0.717, 1.165) is 0 Å². The van der Waals surface area contributed by atoms with E-state index in [-0.39, 0.29) is 10.5 Å². The monoisotopic (exact) mass is 251 g/mol. The number of amides is 1. The molecule has 2 N–H and O–H groups in total. The van der Waals surface area contributed by atoms with Crippen LogP contribution in [0.25, 0.3) is 0 Å². The van der Waals surface area contributed by atoms with Crippen LogP contribution in [0.2, 0.25) is 0 Å². The third-order valence-corrected chi connectivity index (χ3v) is 3.44. The summed E-state index contributed by atoms with van der Waals surface area (Å²) >= 11 is 0. The molecule has 88 valence electrons. The number of hydrogen-bond acceptors (Lipinski definition) is 4. The number of aromatic amines is 1. The molecule has 7 heteroatoms. The molecule has 3 rings (SSSR count). The van der Waals surface area contributed by atoms with Crippen LogP contribution in [0.5, 0.6) is 0 Å². The number of imidazole rings is 1. The third kappa shape index (κ3) is 2.34. The second kappa shape index (κ2) is 4.38. The van der Waals surface area contributed by atoms with Gasteiger partial charge < -0.3 is 4.98 Å². The molecule has 1 amide bonds. The van der Waals surface area contributed by atoms with Gasteiger partial charge in [-0.25, -0.2) is 18.1 Å². The van der Waals surface area contributed by atoms with Gasteiger partial charge in [-0.1, -0.05) is 12.1 Å². The molecule has 17 heavy (non-hydrogen) atoms. The molecule has 2 aromatic rings. The number of aromatic nitrogens is 2. The van der Waals surface area contributed by atoms with Gasteiger partial charge in [-0.2, -0.15) is 0 Å². The van der Waals surface area contributed by atoms with E-state index >= 15 is 0 Å². The molecule has 0 spiro atoms. The zero-order valence-electron chi connectivity index (χ0n) is 8.62. The smallest absolute Gasteiger partial charge is 0.266 e. The predicted molar refractivity (Wildman–Crippen MR) is 59.7 cm³/mol. The van der Waals surface area contributed by atoms with Crippen molar-refractivity contribution < 1.29 is 13.2 Å². The maximum atomic E-state index is 11.1. The van der Waals surface area contributed by atoms with Gasteiger partial charge >= 0.3 is 0 Å². The zero-order valence-corrected chi connectivity index (χ0v) is 9.44. The number of fused-ring (bicyclic) bond motifs is 1. The molecule has 0 fully saturated rings. The summed E-state index contributed by atoms with van der Waals surface area (Å²) in [7, 11) is -3.55. The van der Waals surface area contributed by atoms with Crippen molar-refractivity contribution >= 4 is 15.9 Å². The highest BCUT2D eigenvalue weighted by atomic mass is 32.2. The van der Waals surface area contributed by atoms with Crippen LogP contribution in [-0.2, 0) is 10.0 Å². The van der Waals surface area contributed by atoms with Crippen LogP contribution >= 0.6 is 0 Å². The Morgan fingerprint density at radius 3 is 2.47 bits per heavy atom. The van der Waals surface area contributed by atoms with E-state index in [2.05, 4.69) is 9.97 Å². The second-order valence-electron chi connectivity index (χ2n) is 3.19. The fourth-order valence-electron chi connectivity index (χ4n) is 1.34. The van der Waals surface area contributed by atoms with E-state index in [1.165, 1.54) is 12.1 Å². The van der Waals surface area contributed by atoms with Crippen LogP contribution in [0, 0.1) is 0 Å². The fraction of sp³-hybridized carbons (Fsp3) is 0. The Kier molecular flexibility index (Phi) is 2.92. The van der Waals surface area contributed by atoms with Gasteiger partial charge in [-0.15, -0.1) is 0 Å². The Morgan fingerprint density at radius 1 is 1.18 bits per heavy atom. The minimum absolute atomic E-state index is 0.0648. The summed E-state index contributed by atoms with van der Waals surface area (Å²) in [6.07, 6.45) is 5.08. The maximum Gasteiger partial charge on any atom is 0.266 e. The summed E-state index contributed by atoms with van der Waals surface area (Å²) in [4.78, 5) is 17.5. The summed E-state index contributed by atoms with van der Waals surface area (Å²) in [6.45, 7) is 0. The van der Waals surface area contributed by atoms with Crippen LogP contribution in [0.1, 0.15) is 10.4 Å². The van der Waals surface area contributed by atoms with E-state index in [9.17, 15) is 13.2 Å². The number of benzene rings is 1. The van der Waals surface area contributed by atoms with Gasteiger partial charge in [0.15, 0.2) is 0 Å². The van der Waals surface area contributed by atoms with E-state index < -0.39 is 15.9 Å². The topological polar surface area (TPSA) is 91.9 Å². The van der Waals surface area contributed by atoms with Crippen LogP contribution in [0.3, 0.4) is 0 Å². The Hall–Kier alpha value is -2.15. The van der Waals surface area contributed by atoms with Crippen LogP contribution < -0.4 is 4.72 Å². The molecule has 0 saturated heterocycles.